The lowest BCUT2D eigenvalue weighted by molar-refractivity contribution is 0.181. The van der Waals surface area contributed by atoms with E-state index in [0.717, 1.165) is 45.2 Å². The van der Waals surface area contributed by atoms with Crippen LogP contribution in [0.3, 0.4) is 0 Å². The van der Waals surface area contributed by atoms with Gasteiger partial charge in [0.25, 0.3) is 0 Å². The molecule has 0 bridgehead atoms. The van der Waals surface area contributed by atoms with E-state index >= 15 is 0 Å². The summed E-state index contributed by atoms with van der Waals surface area (Å²) in [4.78, 5) is 8.36. The highest BCUT2D eigenvalue weighted by molar-refractivity contribution is 7.09. The van der Waals surface area contributed by atoms with Gasteiger partial charge in [-0.15, -0.1) is 11.3 Å². The van der Waals surface area contributed by atoms with Gasteiger partial charge in [0, 0.05) is 50.5 Å². The Morgan fingerprint density at radius 2 is 2.50 bits per heavy atom. The van der Waals surface area contributed by atoms with Crippen molar-refractivity contribution in [3.05, 3.63) is 22.4 Å². The second kappa shape index (κ2) is 8.27. The third-order valence-corrected chi connectivity index (χ3v) is 4.39. The zero-order valence-electron chi connectivity index (χ0n) is 12.5. The molecule has 1 fully saturated rings. The van der Waals surface area contributed by atoms with E-state index in [1.807, 2.05) is 0 Å². The number of aliphatic imine (C=N–C) groups is 1. The van der Waals surface area contributed by atoms with Gasteiger partial charge in [0.05, 0.1) is 6.61 Å². The first-order valence-electron chi connectivity index (χ1n) is 7.39. The van der Waals surface area contributed by atoms with Crippen LogP contribution in [0.5, 0.6) is 0 Å². The molecule has 0 saturated carbocycles. The van der Waals surface area contributed by atoms with E-state index in [1.165, 1.54) is 11.3 Å². The normalized spacial score (nSPS) is 19.3. The molecule has 1 saturated heterocycles. The molecule has 0 aliphatic carbocycles. The van der Waals surface area contributed by atoms with Crippen LogP contribution in [0.25, 0.3) is 0 Å². The van der Waals surface area contributed by atoms with Crippen LogP contribution >= 0.6 is 11.3 Å². The van der Waals surface area contributed by atoms with Crippen LogP contribution in [-0.2, 0) is 11.2 Å². The SMILES string of the molecule is CCNC(=NCCc1cccs1)N(C)CC1CCOC1. The molecule has 1 aromatic rings. The van der Waals surface area contributed by atoms with Crippen molar-refractivity contribution >= 4 is 17.3 Å². The quantitative estimate of drug-likeness (QED) is 0.646. The summed E-state index contributed by atoms with van der Waals surface area (Å²) in [7, 11) is 2.12. The summed E-state index contributed by atoms with van der Waals surface area (Å²) in [6, 6.07) is 4.27. The molecule has 2 heterocycles. The molecular formula is C15H25N3OS. The van der Waals surface area contributed by atoms with Crippen molar-refractivity contribution < 1.29 is 4.74 Å². The molecule has 4 nitrogen and oxygen atoms in total. The first kappa shape index (κ1) is 15.3. The average molecular weight is 295 g/mol. The van der Waals surface area contributed by atoms with E-state index in [0.29, 0.717) is 5.92 Å². The summed E-state index contributed by atoms with van der Waals surface area (Å²) in [5.41, 5.74) is 0. The fraction of sp³-hybridized carbons (Fsp3) is 0.667. The maximum atomic E-state index is 5.44. The Bertz CT molecular complexity index is 399. The number of rotatable bonds is 6. The summed E-state index contributed by atoms with van der Waals surface area (Å²) < 4.78 is 5.44. The topological polar surface area (TPSA) is 36.9 Å². The zero-order chi connectivity index (χ0) is 14.2. The lowest BCUT2D eigenvalue weighted by Crippen LogP contribution is -2.41. The van der Waals surface area contributed by atoms with Gasteiger partial charge in [-0.2, -0.15) is 0 Å². The van der Waals surface area contributed by atoms with Crippen molar-refractivity contribution in [3.63, 3.8) is 0 Å². The molecule has 2 rings (SSSR count). The maximum absolute atomic E-state index is 5.44. The van der Waals surface area contributed by atoms with Gasteiger partial charge in [-0.3, -0.25) is 4.99 Å². The smallest absolute Gasteiger partial charge is 0.193 e. The van der Waals surface area contributed by atoms with E-state index in [1.54, 1.807) is 11.3 Å². The molecule has 0 aromatic carbocycles. The first-order valence-corrected chi connectivity index (χ1v) is 8.27. The Hall–Kier alpha value is -1.07. The summed E-state index contributed by atoms with van der Waals surface area (Å²) in [6.07, 6.45) is 2.19. The first-order chi connectivity index (χ1) is 9.79. The fourth-order valence-corrected chi connectivity index (χ4v) is 3.10. The third-order valence-electron chi connectivity index (χ3n) is 3.45. The molecular weight excluding hydrogens is 270 g/mol. The van der Waals surface area contributed by atoms with E-state index in [2.05, 4.69) is 41.7 Å². The van der Waals surface area contributed by atoms with E-state index in [9.17, 15) is 0 Å². The minimum atomic E-state index is 0.640. The zero-order valence-corrected chi connectivity index (χ0v) is 13.3. The number of nitrogens with one attached hydrogen (secondary N) is 1. The van der Waals surface area contributed by atoms with Gasteiger partial charge in [0.15, 0.2) is 5.96 Å². The maximum Gasteiger partial charge on any atom is 0.193 e. The van der Waals surface area contributed by atoms with Crippen LogP contribution in [0.1, 0.15) is 18.2 Å². The van der Waals surface area contributed by atoms with E-state index in [-0.39, 0.29) is 0 Å². The molecule has 0 spiro atoms. The van der Waals surface area contributed by atoms with Crippen LogP contribution in [0.4, 0.5) is 0 Å². The summed E-state index contributed by atoms with van der Waals surface area (Å²) in [5, 5.41) is 5.50. The van der Waals surface area contributed by atoms with E-state index in [4.69, 9.17) is 9.73 Å². The van der Waals surface area contributed by atoms with Crippen LogP contribution < -0.4 is 5.32 Å². The molecule has 5 heteroatoms. The number of ether oxygens (including phenoxy) is 1. The molecule has 0 radical (unpaired) electrons. The van der Waals surface area contributed by atoms with Crippen LogP contribution in [-0.4, -0.2) is 50.8 Å². The van der Waals surface area contributed by atoms with Gasteiger partial charge in [-0.1, -0.05) is 6.07 Å². The monoisotopic (exact) mass is 295 g/mol. The highest BCUT2D eigenvalue weighted by Gasteiger charge is 2.18. The molecule has 112 valence electrons. The van der Waals surface area contributed by atoms with Crippen molar-refractivity contribution in [2.45, 2.75) is 19.8 Å². The highest BCUT2D eigenvalue weighted by atomic mass is 32.1. The summed E-state index contributed by atoms with van der Waals surface area (Å²) in [6.45, 7) is 6.67. The number of nitrogens with zero attached hydrogens (tertiary/aromatic N) is 2. The van der Waals surface area contributed by atoms with Gasteiger partial charge in [-0.25, -0.2) is 0 Å². The van der Waals surface area contributed by atoms with Gasteiger partial charge < -0.3 is 15.0 Å². The molecule has 0 amide bonds. The fourth-order valence-electron chi connectivity index (χ4n) is 2.40. The van der Waals surface area contributed by atoms with Gasteiger partial charge in [0.1, 0.15) is 0 Å². The molecule has 1 aliphatic heterocycles. The standard InChI is InChI=1S/C15H25N3OS/c1-3-16-15(17-8-6-14-5-4-10-20-14)18(2)11-13-7-9-19-12-13/h4-5,10,13H,3,6-9,11-12H2,1-2H3,(H,16,17). The lowest BCUT2D eigenvalue weighted by Gasteiger charge is -2.24. The Balaban J connectivity index is 1.83. The highest BCUT2D eigenvalue weighted by Crippen LogP contribution is 2.13. The molecule has 1 atom stereocenters. The largest absolute Gasteiger partial charge is 0.381 e. The third kappa shape index (κ3) is 4.80. The number of guanidine groups is 1. The van der Waals surface area contributed by atoms with Gasteiger partial charge in [0.2, 0.25) is 0 Å². The Morgan fingerprint density at radius 1 is 1.60 bits per heavy atom. The van der Waals surface area contributed by atoms with Crippen LogP contribution in [0.15, 0.2) is 22.5 Å². The van der Waals surface area contributed by atoms with Crippen molar-refractivity contribution in [3.8, 4) is 0 Å². The lowest BCUT2D eigenvalue weighted by atomic mass is 10.1. The average Bonchev–Trinajstić information content (AvgIpc) is 3.10. The minimum absolute atomic E-state index is 0.640. The Kier molecular flexibility index (Phi) is 6.33. The second-order valence-electron chi connectivity index (χ2n) is 5.18. The van der Waals surface area contributed by atoms with Gasteiger partial charge in [-0.05, 0) is 24.8 Å². The predicted octanol–water partition coefficient (Wildman–Crippen LogP) is 2.22. The van der Waals surface area contributed by atoms with Crippen LogP contribution in [0.2, 0.25) is 0 Å². The second-order valence-corrected chi connectivity index (χ2v) is 6.21. The molecule has 1 unspecified atom stereocenters. The molecule has 1 N–H and O–H groups in total. The number of hydrogen-bond donors (Lipinski definition) is 1. The Labute approximate surface area is 125 Å². The van der Waals surface area contributed by atoms with Crippen molar-refractivity contribution in [1.29, 1.82) is 0 Å². The number of hydrogen-bond acceptors (Lipinski definition) is 3. The molecule has 1 aliphatic rings. The van der Waals surface area contributed by atoms with Crippen molar-refractivity contribution in [2.75, 3.05) is 39.9 Å². The van der Waals surface area contributed by atoms with Gasteiger partial charge >= 0.3 is 0 Å². The van der Waals surface area contributed by atoms with E-state index < -0.39 is 0 Å². The van der Waals surface area contributed by atoms with Crippen LogP contribution in [0, 0.1) is 5.92 Å². The Morgan fingerprint density at radius 3 is 3.15 bits per heavy atom. The summed E-state index contributed by atoms with van der Waals surface area (Å²) in [5.74, 6) is 1.65. The predicted molar refractivity (Wildman–Crippen MR) is 85.6 cm³/mol. The van der Waals surface area contributed by atoms with Crippen molar-refractivity contribution in [2.24, 2.45) is 10.9 Å². The molecule has 20 heavy (non-hydrogen) atoms. The van der Waals surface area contributed by atoms with Crippen molar-refractivity contribution in [1.82, 2.24) is 10.2 Å². The number of thiophene rings is 1. The minimum Gasteiger partial charge on any atom is -0.381 e. The molecule has 1 aromatic heterocycles. The summed E-state index contributed by atoms with van der Waals surface area (Å²) >= 11 is 1.80.